The predicted octanol–water partition coefficient (Wildman–Crippen LogP) is 10.7. The Labute approximate surface area is 391 Å². The molecule has 0 aromatic carbocycles. The molecule has 0 unspecified atom stereocenters. The van der Waals surface area contributed by atoms with E-state index in [1.54, 1.807) is 0 Å². The summed E-state index contributed by atoms with van der Waals surface area (Å²) in [4.78, 5) is 73.5. The molecule has 0 radical (unpaired) electrons. The first-order valence-corrected chi connectivity index (χ1v) is 26.8. The minimum absolute atomic E-state index is 0.0296. The second kappa shape index (κ2) is 47.8. The minimum Gasteiger partial charge on any atom is -0.368 e. The second-order valence-electron chi connectivity index (χ2n) is 18.5. The quantitative estimate of drug-likeness (QED) is 0.0330. The van der Waals surface area contributed by atoms with Crippen LogP contribution in [0.15, 0.2) is 0 Å². The number of primary amides is 1. The molecule has 0 aliphatic rings. The zero-order valence-corrected chi connectivity index (χ0v) is 41.5. The molecule has 0 saturated carbocycles. The molecule has 374 valence electrons. The molecule has 1 atom stereocenters. The molecule has 7 N–H and O–H groups in total. The summed E-state index contributed by atoms with van der Waals surface area (Å²) in [6.45, 7) is 4.97. The first kappa shape index (κ1) is 60.8. The molecule has 0 aliphatic heterocycles. The summed E-state index contributed by atoms with van der Waals surface area (Å²) in [6.07, 6.45) is 43.8. The molecule has 0 heterocycles. The standard InChI is InChI=1S/C52H100N6O6/c1-3-5-7-9-11-13-15-17-19-21-23-25-27-29-32-39-48(60)54-42-36-31-34-41-50(62)56-45-51(63)58-46(52(64)57-44-47(53)59)38-35-37-43-55-49(61)40-33-30-28-26-24-22-20-18-16-14-12-10-8-6-4-2/h46H,3-45H2,1-2H3,(H2,53,59)(H,54,60)(H,55,61)(H,56,62)(H,57,64)(H,58,63)/t46-/m0/s1. The van der Waals surface area contributed by atoms with E-state index in [9.17, 15) is 28.8 Å². The number of carbonyl (C=O) groups is 6. The first-order valence-electron chi connectivity index (χ1n) is 26.8. The van der Waals surface area contributed by atoms with Gasteiger partial charge in [-0.15, -0.1) is 0 Å². The van der Waals surface area contributed by atoms with Gasteiger partial charge in [0.25, 0.3) is 0 Å². The molecule has 0 aromatic heterocycles. The van der Waals surface area contributed by atoms with E-state index < -0.39 is 23.8 Å². The molecular weight excluding hydrogens is 805 g/mol. The zero-order chi connectivity index (χ0) is 47.0. The molecule has 0 saturated heterocycles. The van der Waals surface area contributed by atoms with Gasteiger partial charge >= 0.3 is 0 Å². The van der Waals surface area contributed by atoms with E-state index in [0.717, 1.165) is 38.5 Å². The van der Waals surface area contributed by atoms with Gasteiger partial charge in [0.05, 0.1) is 13.1 Å². The Hall–Kier alpha value is -3.18. The van der Waals surface area contributed by atoms with Crippen molar-refractivity contribution in [2.75, 3.05) is 26.2 Å². The highest BCUT2D eigenvalue weighted by atomic mass is 16.2. The van der Waals surface area contributed by atoms with Crippen molar-refractivity contribution in [3.63, 3.8) is 0 Å². The Bertz CT molecular complexity index is 1150. The van der Waals surface area contributed by atoms with E-state index in [4.69, 9.17) is 5.73 Å². The Morgan fingerprint density at radius 2 is 0.656 bits per heavy atom. The van der Waals surface area contributed by atoms with E-state index in [0.29, 0.717) is 51.6 Å². The topological polar surface area (TPSA) is 189 Å². The van der Waals surface area contributed by atoms with Gasteiger partial charge in [-0.1, -0.05) is 200 Å². The Balaban J connectivity index is 3.96. The number of nitrogens with two attached hydrogens (primary N) is 1. The van der Waals surface area contributed by atoms with Gasteiger partial charge < -0.3 is 32.3 Å². The van der Waals surface area contributed by atoms with Gasteiger partial charge in [0, 0.05) is 32.4 Å². The average Bonchev–Trinajstić information content (AvgIpc) is 3.28. The summed E-state index contributed by atoms with van der Waals surface area (Å²) in [5.41, 5.74) is 5.19. The van der Waals surface area contributed by atoms with Gasteiger partial charge in [-0.2, -0.15) is 0 Å². The van der Waals surface area contributed by atoms with Gasteiger partial charge in [-0.05, 0) is 44.9 Å². The van der Waals surface area contributed by atoms with Gasteiger partial charge in [0.2, 0.25) is 35.4 Å². The highest BCUT2D eigenvalue weighted by Crippen LogP contribution is 2.15. The Morgan fingerprint density at radius 1 is 0.344 bits per heavy atom. The van der Waals surface area contributed by atoms with Crippen LogP contribution in [0, 0.1) is 0 Å². The van der Waals surface area contributed by atoms with Crippen molar-refractivity contribution in [2.24, 2.45) is 5.73 Å². The van der Waals surface area contributed by atoms with Crippen molar-refractivity contribution in [3.05, 3.63) is 0 Å². The number of hydrogen-bond donors (Lipinski definition) is 6. The van der Waals surface area contributed by atoms with Crippen molar-refractivity contribution >= 4 is 35.4 Å². The van der Waals surface area contributed by atoms with Gasteiger partial charge in [-0.3, -0.25) is 28.8 Å². The summed E-state index contributed by atoms with van der Waals surface area (Å²) in [7, 11) is 0. The van der Waals surface area contributed by atoms with E-state index in [1.165, 1.54) is 167 Å². The molecule has 0 aliphatic carbocycles. The fraction of sp³-hybridized carbons (Fsp3) is 0.885. The number of amides is 6. The van der Waals surface area contributed by atoms with Crippen molar-refractivity contribution in [1.29, 1.82) is 0 Å². The Morgan fingerprint density at radius 3 is 1.02 bits per heavy atom. The lowest BCUT2D eigenvalue weighted by Crippen LogP contribution is -2.50. The molecule has 0 spiro atoms. The van der Waals surface area contributed by atoms with E-state index in [1.807, 2.05) is 0 Å². The third-order valence-corrected chi connectivity index (χ3v) is 12.2. The highest BCUT2D eigenvalue weighted by molar-refractivity contribution is 5.91. The molecule has 12 nitrogen and oxygen atoms in total. The lowest BCUT2D eigenvalue weighted by molar-refractivity contribution is -0.130. The van der Waals surface area contributed by atoms with Crippen LogP contribution in [0.1, 0.15) is 264 Å². The smallest absolute Gasteiger partial charge is 0.243 e. The zero-order valence-electron chi connectivity index (χ0n) is 41.5. The van der Waals surface area contributed by atoms with Crippen LogP contribution in [0.5, 0.6) is 0 Å². The third kappa shape index (κ3) is 45.4. The number of nitrogens with one attached hydrogen (secondary N) is 5. The fourth-order valence-corrected chi connectivity index (χ4v) is 8.09. The molecule has 0 aromatic rings. The third-order valence-electron chi connectivity index (χ3n) is 12.2. The molecule has 0 rings (SSSR count). The van der Waals surface area contributed by atoms with Gasteiger partial charge in [-0.25, -0.2) is 0 Å². The number of unbranched alkanes of at least 4 members (excludes halogenated alkanes) is 31. The van der Waals surface area contributed by atoms with Crippen LogP contribution in [-0.2, 0) is 28.8 Å². The monoisotopic (exact) mass is 905 g/mol. The van der Waals surface area contributed by atoms with Crippen LogP contribution in [0.3, 0.4) is 0 Å². The second-order valence-corrected chi connectivity index (χ2v) is 18.5. The maximum absolute atomic E-state index is 12.7. The van der Waals surface area contributed by atoms with Crippen LogP contribution in [0.4, 0.5) is 0 Å². The highest BCUT2D eigenvalue weighted by Gasteiger charge is 2.21. The number of rotatable bonds is 49. The molecular formula is C52H100N6O6. The maximum Gasteiger partial charge on any atom is 0.243 e. The lowest BCUT2D eigenvalue weighted by atomic mass is 10.0. The first-order chi connectivity index (χ1) is 31.2. The van der Waals surface area contributed by atoms with E-state index in [2.05, 4.69) is 40.4 Å². The summed E-state index contributed by atoms with van der Waals surface area (Å²) in [6, 6.07) is -0.908. The van der Waals surface area contributed by atoms with Crippen molar-refractivity contribution in [2.45, 2.75) is 270 Å². The summed E-state index contributed by atoms with van der Waals surface area (Å²) >= 11 is 0. The van der Waals surface area contributed by atoms with Crippen molar-refractivity contribution in [3.8, 4) is 0 Å². The van der Waals surface area contributed by atoms with Crippen LogP contribution >= 0.6 is 0 Å². The maximum atomic E-state index is 12.7. The molecule has 6 amide bonds. The fourth-order valence-electron chi connectivity index (χ4n) is 8.09. The van der Waals surface area contributed by atoms with Crippen molar-refractivity contribution in [1.82, 2.24) is 26.6 Å². The molecule has 12 heteroatoms. The lowest BCUT2D eigenvalue weighted by Gasteiger charge is -2.18. The number of hydrogen-bond acceptors (Lipinski definition) is 6. The van der Waals surface area contributed by atoms with Crippen LogP contribution in [-0.4, -0.2) is 67.7 Å². The van der Waals surface area contributed by atoms with Crippen molar-refractivity contribution < 1.29 is 28.8 Å². The number of carbonyl (C=O) groups excluding carboxylic acids is 6. The average molecular weight is 905 g/mol. The van der Waals surface area contributed by atoms with Crippen LogP contribution in [0.2, 0.25) is 0 Å². The van der Waals surface area contributed by atoms with E-state index in [-0.39, 0.29) is 37.2 Å². The van der Waals surface area contributed by atoms with Gasteiger partial charge in [0.1, 0.15) is 6.04 Å². The summed E-state index contributed by atoms with van der Waals surface area (Å²) in [5.74, 6) is -1.88. The predicted molar refractivity (Wildman–Crippen MR) is 265 cm³/mol. The normalized spacial score (nSPS) is 11.5. The van der Waals surface area contributed by atoms with Crippen LogP contribution in [0.25, 0.3) is 0 Å². The van der Waals surface area contributed by atoms with E-state index >= 15 is 0 Å². The minimum atomic E-state index is -0.908. The largest absolute Gasteiger partial charge is 0.368 e. The summed E-state index contributed by atoms with van der Waals surface area (Å²) in [5, 5.41) is 13.6. The molecule has 0 fully saturated rings. The SMILES string of the molecule is CCCCCCCCCCCCCCCCCC(=O)NCCCCCC(=O)NCC(=O)N[C@@H](CCCCNC(=O)CCCCCCCCCCCCCCCCC)C(=O)NCC(N)=O. The van der Waals surface area contributed by atoms with Crippen LogP contribution < -0.4 is 32.3 Å². The molecule has 0 bridgehead atoms. The summed E-state index contributed by atoms with van der Waals surface area (Å²) < 4.78 is 0. The van der Waals surface area contributed by atoms with Gasteiger partial charge in [0.15, 0.2) is 0 Å². The Kier molecular flexibility index (Phi) is 45.4. The molecule has 64 heavy (non-hydrogen) atoms.